The topological polar surface area (TPSA) is 69.1 Å². The number of alkyl halides is 3. The molecule has 5 nitrogen and oxygen atoms in total. The summed E-state index contributed by atoms with van der Waals surface area (Å²) in [5.41, 5.74) is 0.430. The molecule has 0 radical (unpaired) electrons. The molecule has 1 saturated heterocycles. The van der Waals surface area contributed by atoms with Gasteiger partial charge in [-0.1, -0.05) is 0 Å². The summed E-state index contributed by atoms with van der Waals surface area (Å²) in [6, 6.07) is 5.63. The lowest BCUT2D eigenvalue weighted by atomic mass is 10.0. The molecule has 0 bridgehead atoms. The van der Waals surface area contributed by atoms with Crippen LogP contribution in [0.4, 0.5) is 23.2 Å². The van der Waals surface area contributed by atoms with E-state index in [0.717, 1.165) is 25.0 Å². The summed E-state index contributed by atoms with van der Waals surface area (Å²) < 4.78 is 52.4. The van der Waals surface area contributed by atoms with E-state index in [-0.39, 0.29) is 29.2 Å². The molecule has 0 unspecified atom stereocenters. The Morgan fingerprint density at radius 3 is 2.58 bits per heavy atom. The Labute approximate surface area is 177 Å². The number of amides is 1. The number of carbonyl (C=O) groups excluding carboxylic acids is 1. The Balaban J connectivity index is 1.77. The molecule has 2 heterocycles. The Morgan fingerprint density at radius 1 is 1.23 bits per heavy atom. The van der Waals surface area contributed by atoms with Crippen molar-refractivity contribution in [3.63, 3.8) is 0 Å². The third-order valence-corrected chi connectivity index (χ3v) is 4.90. The van der Waals surface area contributed by atoms with E-state index in [0.29, 0.717) is 30.5 Å². The molecule has 0 saturated carbocycles. The number of benzene rings is 1. The number of carbonyl (C=O) groups is 1. The minimum absolute atomic E-state index is 0.00321. The van der Waals surface area contributed by atoms with E-state index in [1.54, 1.807) is 17.0 Å². The van der Waals surface area contributed by atoms with Crippen LogP contribution in [0.25, 0.3) is 0 Å². The first-order chi connectivity index (χ1) is 14.6. The van der Waals surface area contributed by atoms with Crippen LogP contribution in [-0.4, -0.2) is 34.6 Å². The zero-order valence-corrected chi connectivity index (χ0v) is 16.9. The molecule has 1 aromatic carbocycles. The first-order valence-electron chi connectivity index (χ1n) is 9.76. The fourth-order valence-electron chi connectivity index (χ4n) is 3.37. The second kappa shape index (κ2) is 9.28. The van der Waals surface area contributed by atoms with Gasteiger partial charge in [0.1, 0.15) is 5.82 Å². The van der Waals surface area contributed by atoms with Gasteiger partial charge in [-0.3, -0.25) is 9.78 Å². The van der Waals surface area contributed by atoms with Gasteiger partial charge in [0.15, 0.2) is 0 Å². The Bertz CT molecular complexity index is 1010. The Hall–Kier alpha value is -3.23. The molecule has 0 aliphatic carbocycles. The van der Waals surface area contributed by atoms with Crippen molar-refractivity contribution in [2.75, 3.05) is 18.4 Å². The van der Waals surface area contributed by atoms with Gasteiger partial charge >= 0.3 is 6.18 Å². The highest BCUT2D eigenvalue weighted by Gasteiger charge is 2.31. The van der Waals surface area contributed by atoms with Crippen molar-refractivity contribution in [2.24, 2.45) is 0 Å². The molecule has 1 aliphatic rings. The maximum absolute atomic E-state index is 13.6. The van der Waals surface area contributed by atoms with Crippen LogP contribution in [0, 0.1) is 11.2 Å². The van der Waals surface area contributed by atoms with Gasteiger partial charge in [-0.2, -0.15) is 13.2 Å². The number of rotatable bonds is 6. The van der Waals surface area contributed by atoms with Crippen molar-refractivity contribution in [3.05, 3.63) is 70.9 Å². The average Bonchev–Trinajstić information content (AvgIpc) is 3.22. The summed E-state index contributed by atoms with van der Waals surface area (Å²) in [6.07, 6.45) is 0.159. The predicted octanol–water partition coefficient (Wildman–Crippen LogP) is 4.79. The molecule has 2 N–H and O–H groups in total. The molecule has 1 amide bonds. The van der Waals surface area contributed by atoms with Crippen LogP contribution in [0.3, 0.4) is 0 Å². The normalized spacial score (nSPS) is 14.6. The second-order valence-electron chi connectivity index (χ2n) is 7.39. The van der Waals surface area contributed by atoms with Gasteiger partial charge in [-0.15, -0.1) is 0 Å². The van der Waals surface area contributed by atoms with Crippen LogP contribution in [0.1, 0.15) is 36.6 Å². The summed E-state index contributed by atoms with van der Waals surface area (Å²) in [5, 5.41) is 10.9. The zero-order chi connectivity index (χ0) is 22.6. The van der Waals surface area contributed by atoms with Gasteiger partial charge in [0.2, 0.25) is 0 Å². The minimum atomic E-state index is -4.64. The molecule has 9 heteroatoms. The van der Waals surface area contributed by atoms with Crippen molar-refractivity contribution in [1.29, 1.82) is 5.41 Å². The van der Waals surface area contributed by atoms with Crippen LogP contribution in [0.5, 0.6) is 0 Å². The van der Waals surface area contributed by atoms with Gasteiger partial charge in [0.25, 0.3) is 5.91 Å². The van der Waals surface area contributed by atoms with E-state index in [1.807, 2.05) is 0 Å². The number of hydrogen-bond donors (Lipinski definition) is 2. The van der Waals surface area contributed by atoms with E-state index in [1.165, 1.54) is 19.3 Å². The number of nitrogens with zero attached hydrogens (tertiary/aromatic N) is 2. The number of pyridine rings is 1. The Kier molecular flexibility index (Phi) is 6.72. The molecule has 2 aromatic rings. The summed E-state index contributed by atoms with van der Waals surface area (Å²) in [5.74, 6) is -1.18. The van der Waals surface area contributed by atoms with E-state index in [4.69, 9.17) is 5.41 Å². The van der Waals surface area contributed by atoms with Gasteiger partial charge < -0.3 is 15.6 Å². The Morgan fingerprint density at radius 2 is 1.94 bits per heavy atom. The largest absolute Gasteiger partial charge is 0.416 e. The maximum Gasteiger partial charge on any atom is 0.416 e. The molecule has 0 atom stereocenters. The number of hydrogen-bond acceptors (Lipinski definition) is 4. The average molecular weight is 434 g/mol. The standard InChI is InChI=1S/C22H22F4N4O/c1-14(27)20(21(31)30-6-2-3-7-30)13-29-18-4-5-28-19(12-18)10-15-8-16(22(24,25)26)11-17(23)9-15/h4-5,8-9,11-13,27H,2-3,6-7,10H2,1H3,(H,28,29)/b20-13+,27-14?. The quantitative estimate of drug-likeness (QED) is 0.390. The highest BCUT2D eigenvalue weighted by Crippen LogP contribution is 2.31. The highest BCUT2D eigenvalue weighted by molar-refractivity contribution is 6.19. The SMILES string of the molecule is CC(=N)/C(=C\Nc1ccnc(Cc2cc(F)cc(C(F)(F)F)c2)c1)C(=O)N1CCCC1. The van der Waals surface area contributed by atoms with E-state index >= 15 is 0 Å². The fourth-order valence-corrected chi connectivity index (χ4v) is 3.37. The maximum atomic E-state index is 13.6. The van der Waals surface area contributed by atoms with E-state index in [9.17, 15) is 22.4 Å². The van der Waals surface area contributed by atoms with E-state index < -0.39 is 17.6 Å². The number of anilines is 1. The molecule has 3 rings (SSSR count). The lowest BCUT2D eigenvalue weighted by molar-refractivity contribution is -0.137. The summed E-state index contributed by atoms with van der Waals surface area (Å²) in [6.45, 7) is 2.86. The van der Waals surface area contributed by atoms with Crippen LogP contribution in [0.2, 0.25) is 0 Å². The van der Waals surface area contributed by atoms with Gasteiger partial charge in [-0.25, -0.2) is 4.39 Å². The second-order valence-corrected chi connectivity index (χ2v) is 7.39. The molecular weight excluding hydrogens is 412 g/mol. The zero-order valence-electron chi connectivity index (χ0n) is 16.9. The van der Waals surface area contributed by atoms with Gasteiger partial charge in [0, 0.05) is 49.0 Å². The van der Waals surface area contributed by atoms with Crippen molar-refractivity contribution in [2.45, 2.75) is 32.4 Å². The fraction of sp³-hybridized carbons (Fsp3) is 0.318. The number of likely N-dealkylation sites (tertiary alicyclic amines) is 1. The molecule has 0 spiro atoms. The van der Waals surface area contributed by atoms with Gasteiger partial charge in [-0.05, 0) is 55.7 Å². The number of nitrogens with one attached hydrogen (secondary N) is 2. The highest BCUT2D eigenvalue weighted by atomic mass is 19.4. The molecular formula is C22H22F4N4O. The van der Waals surface area contributed by atoms with Gasteiger partial charge in [0.05, 0.1) is 11.1 Å². The molecule has 1 fully saturated rings. The van der Waals surface area contributed by atoms with Crippen molar-refractivity contribution < 1.29 is 22.4 Å². The lowest BCUT2D eigenvalue weighted by Gasteiger charge is -2.17. The van der Waals surface area contributed by atoms with Crippen LogP contribution < -0.4 is 5.32 Å². The number of aromatic nitrogens is 1. The van der Waals surface area contributed by atoms with Crippen LogP contribution in [0.15, 0.2) is 48.3 Å². The first kappa shape index (κ1) is 22.5. The third kappa shape index (κ3) is 5.90. The summed E-state index contributed by atoms with van der Waals surface area (Å²) >= 11 is 0. The van der Waals surface area contributed by atoms with E-state index in [2.05, 4.69) is 10.3 Å². The lowest BCUT2D eigenvalue weighted by Crippen LogP contribution is -2.31. The minimum Gasteiger partial charge on any atom is -0.361 e. The monoisotopic (exact) mass is 434 g/mol. The van der Waals surface area contributed by atoms with Crippen LogP contribution in [-0.2, 0) is 17.4 Å². The van der Waals surface area contributed by atoms with Crippen molar-refractivity contribution >= 4 is 17.3 Å². The molecule has 164 valence electrons. The summed E-state index contributed by atoms with van der Waals surface area (Å²) in [4.78, 5) is 18.4. The predicted molar refractivity (Wildman–Crippen MR) is 109 cm³/mol. The van der Waals surface area contributed by atoms with Crippen molar-refractivity contribution in [1.82, 2.24) is 9.88 Å². The molecule has 1 aromatic heterocycles. The smallest absolute Gasteiger partial charge is 0.361 e. The number of halogens is 4. The van der Waals surface area contributed by atoms with Crippen LogP contribution >= 0.6 is 0 Å². The first-order valence-corrected chi connectivity index (χ1v) is 9.76. The third-order valence-electron chi connectivity index (χ3n) is 4.90. The van der Waals surface area contributed by atoms with Crippen molar-refractivity contribution in [3.8, 4) is 0 Å². The summed E-state index contributed by atoms with van der Waals surface area (Å²) in [7, 11) is 0. The molecule has 1 aliphatic heterocycles. The molecule has 31 heavy (non-hydrogen) atoms.